The quantitative estimate of drug-likeness (QED) is 0.769. The molecule has 1 heterocycles. The number of carbonyl (C=O) groups is 1. The smallest absolute Gasteiger partial charge is 0.264 e. The third-order valence-corrected chi connectivity index (χ3v) is 4.65. The van der Waals surface area contributed by atoms with Crippen molar-refractivity contribution in [3.8, 4) is 11.3 Å². The van der Waals surface area contributed by atoms with Crippen LogP contribution in [0.4, 0.5) is 0 Å². The zero-order valence-electron chi connectivity index (χ0n) is 12.5. The summed E-state index contributed by atoms with van der Waals surface area (Å²) in [6.07, 6.45) is -0.192. The lowest BCUT2D eigenvalue weighted by Gasteiger charge is -2.05. The largest absolute Gasteiger partial charge is 0.356 e. The molecule has 122 valence electrons. The van der Waals surface area contributed by atoms with Gasteiger partial charge in [0.05, 0.1) is 17.0 Å². The molecule has 0 saturated heterocycles. The van der Waals surface area contributed by atoms with E-state index in [0.717, 1.165) is 5.56 Å². The van der Waals surface area contributed by atoms with E-state index >= 15 is 0 Å². The molecule has 2 aromatic carbocycles. The van der Waals surface area contributed by atoms with Crippen LogP contribution < -0.4 is 4.72 Å². The molecule has 0 spiro atoms. The van der Waals surface area contributed by atoms with Crippen molar-refractivity contribution in [1.29, 1.82) is 0 Å². The van der Waals surface area contributed by atoms with E-state index in [0.29, 0.717) is 11.5 Å². The molecule has 6 nitrogen and oxygen atoms in total. The fraction of sp³-hybridized carbons (Fsp3) is 0.0588. The molecular formula is C17H14N2O4S. The summed E-state index contributed by atoms with van der Waals surface area (Å²) in [6.45, 7) is 0. The van der Waals surface area contributed by atoms with Crippen molar-refractivity contribution >= 4 is 15.9 Å². The van der Waals surface area contributed by atoms with Gasteiger partial charge in [0.15, 0.2) is 5.76 Å². The molecule has 3 aromatic rings. The topological polar surface area (TPSA) is 89.3 Å². The summed E-state index contributed by atoms with van der Waals surface area (Å²) in [4.78, 5) is 12.0. The van der Waals surface area contributed by atoms with Gasteiger partial charge in [-0.05, 0) is 12.1 Å². The van der Waals surface area contributed by atoms with Crippen molar-refractivity contribution in [2.24, 2.45) is 0 Å². The standard InChI is InChI=1S/C17H14N2O4S/c20-17(19-24(21,22)15-9-5-2-6-10-15)12-14-11-16(23-18-14)13-7-3-1-4-8-13/h1-11H,12H2,(H,19,20). The number of nitrogens with one attached hydrogen (secondary N) is 1. The first-order chi connectivity index (χ1) is 11.5. The molecule has 24 heavy (non-hydrogen) atoms. The van der Waals surface area contributed by atoms with Crippen LogP contribution in [0.25, 0.3) is 11.3 Å². The maximum Gasteiger partial charge on any atom is 0.264 e. The van der Waals surface area contributed by atoms with Crippen LogP contribution in [-0.4, -0.2) is 19.5 Å². The second-order valence-corrected chi connectivity index (χ2v) is 6.75. The Labute approximate surface area is 139 Å². The number of amides is 1. The van der Waals surface area contributed by atoms with Gasteiger partial charge in [-0.2, -0.15) is 0 Å². The van der Waals surface area contributed by atoms with E-state index in [1.54, 1.807) is 24.3 Å². The molecule has 0 fully saturated rings. The van der Waals surface area contributed by atoms with E-state index in [1.807, 2.05) is 35.1 Å². The van der Waals surface area contributed by atoms with Crippen LogP contribution >= 0.6 is 0 Å². The highest BCUT2D eigenvalue weighted by molar-refractivity contribution is 7.90. The van der Waals surface area contributed by atoms with Gasteiger partial charge in [0.25, 0.3) is 10.0 Å². The average Bonchev–Trinajstić information content (AvgIpc) is 3.04. The van der Waals surface area contributed by atoms with Crippen LogP contribution in [0.3, 0.4) is 0 Å². The van der Waals surface area contributed by atoms with E-state index in [4.69, 9.17) is 4.52 Å². The molecular weight excluding hydrogens is 328 g/mol. The van der Waals surface area contributed by atoms with E-state index in [2.05, 4.69) is 5.16 Å². The molecule has 7 heteroatoms. The maximum atomic E-state index is 12.1. The van der Waals surface area contributed by atoms with Gasteiger partial charge in [0, 0.05) is 11.6 Å². The molecule has 0 radical (unpaired) electrons. The zero-order valence-corrected chi connectivity index (χ0v) is 13.4. The predicted molar refractivity (Wildman–Crippen MR) is 87.4 cm³/mol. The molecule has 1 N–H and O–H groups in total. The van der Waals surface area contributed by atoms with E-state index in [-0.39, 0.29) is 11.3 Å². The number of rotatable bonds is 5. The summed E-state index contributed by atoms with van der Waals surface area (Å²) in [5.41, 5.74) is 1.18. The number of hydrogen-bond donors (Lipinski definition) is 1. The van der Waals surface area contributed by atoms with Gasteiger partial charge in [-0.1, -0.05) is 53.7 Å². The van der Waals surface area contributed by atoms with Gasteiger partial charge >= 0.3 is 0 Å². The molecule has 0 saturated carbocycles. The number of nitrogens with zero attached hydrogens (tertiary/aromatic N) is 1. The highest BCUT2D eigenvalue weighted by Crippen LogP contribution is 2.20. The van der Waals surface area contributed by atoms with E-state index in [1.165, 1.54) is 12.1 Å². The van der Waals surface area contributed by atoms with Gasteiger partial charge in [-0.3, -0.25) is 4.79 Å². The highest BCUT2D eigenvalue weighted by Gasteiger charge is 2.18. The summed E-state index contributed by atoms with van der Waals surface area (Å²) in [7, 11) is -3.88. The van der Waals surface area contributed by atoms with E-state index < -0.39 is 15.9 Å². The Morgan fingerprint density at radius 2 is 1.62 bits per heavy atom. The highest BCUT2D eigenvalue weighted by atomic mass is 32.2. The summed E-state index contributed by atoms with van der Waals surface area (Å²) in [5.74, 6) is -0.156. The summed E-state index contributed by atoms with van der Waals surface area (Å²) < 4.78 is 31.4. The van der Waals surface area contributed by atoms with Crippen molar-refractivity contribution in [2.45, 2.75) is 11.3 Å². The van der Waals surface area contributed by atoms with E-state index in [9.17, 15) is 13.2 Å². The maximum absolute atomic E-state index is 12.1. The minimum Gasteiger partial charge on any atom is -0.356 e. The third-order valence-electron chi connectivity index (χ3n) is 3.26. The van der Waals surface area contributed by atoms with Crippen molar-refractivity contribution in [3.63, 3.8) is 0 Å². The minimum atomic E-state index is -3.88. The summed E-state index contributed by atoms with van der Waals surface area (Å²) in [5, 5.41) is 3.80. The first kappa shape index (κ1) is 15.9. The SMILES string of the molecule is O=C(Cc1cc(-c2ccccc2)on1)NS(=O)(=O)c1ccccc1. The van der Waals surface area contributed by atoms with Gasteiger partial charge in [0.1, 0.15) is 0 Å². The molecule has 0 unspecified atom stereocenters. The molecule has 0 atom stereocenters. The Hall–Kier alpha value is -2.93. The van der Waals surface area contributed by atoms with Crippen molar-refractivity contribution in [3.05, 3.63) is 72.4 Å². The Morgan fingerprint density at radius 1 is 1.00 bits per heavy atom. The molecule has 0 bridgehead atoms. The first-order valence-electron chi connectivity index (χ1n) is 7.16. The van der Waals surface area contributed by atoms with Crippen LogP contribution in [0.1, 0.15) is 5.69 Å². The van der Waals surface area contributed by atoms with Crippen molar-refractivity contribution in [2.75, 3.05) is 0 Å². The number of hydrogen-bond acceptors (Lipinski definition) is 5. The Morgan fingerprint density at radius 3 is 2.29 bits per heavy atom. The van der Waals surface area contributed by atoms with Crippen LogP contribution in [0, 0.1) is 0 Å². The zero-order chi connectivity index (χ0) is 17.0. The lowest BCUT2D eigenvalue weighted by atomic mass is 10.1. The normalized spacial score (nSPS) is 11.2. The van der Waals surface area contributed by atoms with Gasteiger partial charge in [-0.25, -0.2) is 13.1 Å². The predicted octanol–water partition coefficient (Wildman–Crippen LogP) is 2.39. The third kappa shape index (κ3) is 3.69. The molecule has 3 rings (SSSR count). The second-order valence-electron chi connectivity index (χ2n) is 5.07. The van der Waals surface area contributed by atoms with Crippen LogP contribution in [0.5, 0.6) is 0 Å². The molecule has 0 aliphatic rings. The van der Waals surface area contributed by atoms with Gasteiger partial charge < -0.3 is 4.52 Å². The Bertz CT molecular complexity index is 935. The van der Waals surface area contributed by atoms with Gasteiger partial charge in [-0.15, -0.1) is 0 Å². The Kier molecular flexibility index (Phi) is 4.43. The van der Waals surface area contributed by atoms with Crippen molar-refractivity contribution < 1.29 is 17.7 Å². The fourth-order valence-electron chi connectivity index (χ4n) is 2.14. The fourth-order valence-corrected chi connectivity index (χ4v) is 3.15. The molecule has 0 aliphatic carbocycles. The first-order valence-corrected chi connectivity index (χ1v) is 8.64. The van der Waals surface area contributed by atoms with Crippen molar-refractivity contribution in [1.82, 2.24) is 9.88 Å². The number of benzene rings is 2. The lowest BCUT2D eigenvalue weighted by Crippen LogP contribution is -2.31. The van der Waals surface area contributed by atoms with Crippen LogP contribution in [0.2, 0.25) is 0 Å². The second kappa shape index (κ2) is 6.67. The minimum absolute atomic E-state index is 0.0310. The summed E-state index contributed by atoms with van der Waals surface area (Å²) >= 11 is 0. The van der Waals surface area contributed by atoms with Crippen LogP contribution in [0.15, 0.2) is 76.1 Å². The molecule has 1 amide bonds. The lowest BCUT2D eigenvalue weighted by molar-refractivity contribution is -0.118. The molecule has 0 aliphatic heterocycles. The van der Waals surface area contributed by atoms with Gasteiger partial charge in [0.2, 0.25) is 5.91 Å². The molecule has 1 aromatic heterocycles. The number of aromatic nitrogens is 1. The average molecular weight is 342 g/mol. The number of sulfonamides is 1. The monoisotopic (exact) mass is 342 g/mol. The van der Waals surface area contributed by atoms with Crippen LogP contribution in [-0.2, 0) is 21.2 Å². The Balaban J connectivity index is 1.69. The number of carbonyl (C=O) groups excluding carboxylic acids is 1. The summed E-state index contributed by atoms with van der Waals surface area (Å²) in [6, 6.07) is 18.6.